The molecular weight excluding hydrogens is 284 g/mol. The summed E-state index contributed by atoms with van der Waals surface area (Å²) in [4.78, 5) is 25.5. The first-order chi connectivity index (χ1) is 10.1. The van der Waals surface area contributed by atoms with Crippen LogP contribution in [0, 0.1) is 0 Å². The maximum absolute atomic E-state index is 12.3. The highest BCUT2D eigenvalue weighted by Gasteiger charge is 2.17. The van der Waals surface area contributed by atoms with Gasteiger partial charge in [-0.15, -0.1) is 11.3 Å². The lowest BCUT2D eigenvalue weighted by molar-refractivity contribution is 0.0996. The van der Waals surface area contributed by atoms with Gasteiger partial charge in [0.15, 0.2) is 0 Å². The molecule has 0 saturated heterocycles. The van der Waals surface area contributed by atoms with Gasteiger partial charge < -0.3 is 11.1 Å². The maximum atomic E-state index is 12.3. The monoisotopic (exact) mass is 300 g/mol. The van der Waals surface area contributed by atoms with Crippen LogP contribution in [0.5, 0.6) is 0 Å². The van der Waals surface area contributed by atoms with Gasteiger partial charge in [0.2, 0.25) is 5.91 Å². The highest BCUT2D eigenvalue weighted by molar-refractivity contribution is 7.14. The van der Waals surface area contributed by atoms with Crippen LogP contribution in [0.2, 0.25) is 0 Å². The molecule has 3 rings (SSSR count). The Balaban J connectivity index is 1.78. The quantitative estimate of drug-likeness (QED) is 0.914. The topological polar surface area (TPSA) is 72.2 Å². The van der Waals surface area contributed by atoms with Crippen molar-refractivity contribution < 1.29 is 9.59 Å². The number of nitrogens with two attached hydrogens (primary N) is 1. The zero-order valence-corrected chi connectivity index (χ0v) is 12.3. The zero-order valence-electron chi connectivity index (χ0n) is 11.5. The summed E-state index contributed by atoms with van der Waals surface area (Å²) in [5.41, 5.74) is 7.52. The lowest BCUT2D eigenvalue weighted by Crippen LogP contribution is -2.13. The van der Waals surface area contributed by atoms with E-state index in [1.165, 1.54) is 23.3 Å². The molecule has 1 aliphatic carbocycles. The highest BCUT2D eigenvalue weighted by atomic mass is 32.1. The Hall–Kier alpha value is -2.14. The third kappa shape index (κ3) is 2.97. The molecule has 0 unspecified atom stereocenters. The van der Waals surface area contributed by atoms with Gasteiger partial charge >= 0.3 is 0 Å². The van der Waals surface area contributed by atoms with Gasteiger partial charge in [0, 0.05) is 16.1 Å². The van der Waals surface area contributed by atoms with Gasteiger partial charge in [0.1, 0.15) is 0 Å². The van der Waals surface area contributed by atoms with E-state index in [-0.39, 0.29) is 5.91 Å². The molecule has 5 heteroatoms. The van der Waals surface area contributed by atoms with Gasteiger partial charge in [-0.05, 0) is 55.5 Å². The normalized spacial score (nSPS) is 13.5. The van der Waals surface area contributed by atoms with Crippen LogP contribution in [-0.2, 0) is 12.8 Å². The van der Waals surface area contributed by atoms with E-state index in [0.717, 1.165) is 17.7 Å². The van der Waals surface area contributed by atoms with Crippen molar-refractivity contribution in [3.63, 3.8) is 0 Å². The smallest absolute Gasteiger partial charge is 0.265 e. The van der Waals surface area contributed by atoms with Crippen LogP contribution in [0.3, 0.4) is 0 Å². The maximum Gasteiger partial charge on any atom is 0.265 e. The molecule has 0 bridgehead atoms. The van der Waals surface area contributed by atoms with Crippen LogP contribution < -0.4 is 11.1 Å². The Kier molecular flexibility index (Phi) is 3.75. The molecule has 0 fully saturated rings. The van der Waals surface area contributed by atoms with E-state index < -0.39 is 5.91 Å². The number of amides is 2. The molecule has 21 heavy (non-hydrogen) atoms. The minimum atomic E-state index is -0.502. The summed E-state index contributed by atoms with van der Waals surface area (Å²) in [6, 6.07) is 8.66. The predicted octanol–water partition coefficient (Wildman–Crippen LogP) is 2.98. The van der Waals surface area contributed by atoms with Crippen molar-refractivity contribution in [1.82, 2.24) is 0 Å². The number of carbonyl (C=O) groups is 2. The SMILES string of the molecule is NC(=O)c1cccc(NC(=O)c2cc3c(s2)CCCC3)c1. The van der Waals surface area contributed by atoms with Gasteiger partial charge in [0.05, 0.1) is 4.88 Å². The molecule has 2 aromatic rings. The number of thiophene rings is 1. The second-order valence-corrected chi connectivity index (χ2v) is 6.30. The fraction of sp³-hybridized carbons (Fsp3) is 0.250. The van der Waals surface area contributed by atoms with Gasteiger partial charge in [-0.2, -0.15) is 0 Å². The van der Waals surface area contributed by atoms with Crippen LogP contribution in [0.25, 0.3) is 0 Å². The number of rotatable bonds is 3. The van der Waals surface area contributed by atoms with E-state index in [1.807, 2.05) is 6.07 Å². The Bertz CT molecular complexity index is 683. The van der Waals surface area contributed by atoms with E-state index in [1.54, 1.807) is 35.6 Å². The standard InChI is InChI=1S/C16H16N2O2S/c17-15(19)11-5-3-6-12(8-11)18-16(20)14-9-10-4-1-2-7-13(10)21-14/h3,5-6,8-9H,1-2,4,7H2,(H2,17,19)(H,18,20). The summed E-state index contributed by atoms with van der Waals surface area (Å²) < 4.78 is 0. The van der Waals surface area contributed by atoms with Crippen LogP contribution in [-0.4, -0.2) is 11.8 Å². The number of aryl methyl sites for hydroxylation is 2. The fourth-order valence-corrected chi connectivity index (χ4v) is 3.69. The molecule has 1 aromatic heterocycles. The van der Waals surface area contributed by atoms with E-state index in [9.17, 15) is 9.59 Å². The third-order valence-electron chi connectivity index (χ3n) is 3.63. The summed E-state index contributed by atoms with van der Waals surface area (Å²) in [7, 11) is 0. The van der Waals surface area contributed by atoms with Crippen molar-refractivity contribution in [1.29, 1.82) is 0 Å². The lowest BCUT2D eigenvalue weighted by Gasteiger charge is -2.08. The van der Waals surface area contributed by atoms with Gasteiger partial charge in [-0.3, -0.25) is 9.59 Å². The molecular formula is C16H16N2O2S. The predicted molar refractivity (Wildman–Crippen MR) is 83.9 cm³/mol. The van der Waals surface area contributed by atoms with Crippen LogP contribution in [0.15, 0.2) is 30.3 Å². The van der Waals surface area contributed by atoms with Crippen LogP contribution >= 0.6 is 11.3 Å². The Labute approximate surface area is 127 Å². The second-order valence-electron chi connectivity index (χ2n) is 5.17. The van der Waals surface area contributed by atoms with Crippen molar-refractivity contribution in [2.24, 2.45) is 5.73 Å². The van der Waals surface area contributed by atoms with Gasteiger partial charge in [0.25, 0.3) is 5.91 Å². The molecule has 3 N–H and O–H groups in total. The van der Waals surface area contributed by atoms with Gasteiger partial charge in [-0.25, -0.2) is 0 Å². The van der Waals surface area contributed by atoms with Crippen molar-refractivity contribution >= 4 is 28.8 Å². The van der Waals surface area contributed by atoms with Crippen LogP contribution in [0.1, 0.15) is 43.3 Å². The molecule has 0 aliphatic heterocycles. The summed E-state index contributed by atoms with van der Waals surface area (Å²) in [5.74, 6) is -0.631. The molecule has 1 aromatic carbocycles. The molecule has 1 heterocycles. The van der Waals surface area contributed by atoms with E-state index >= 15 is 0 Å². The number of hydrogen-bond acceptors (Lipinski definition) is 3. The van der Waals surface area contributed by atoms with Crippen molar-refractivity contribution in [2.45, 2.75) is 25.7 Å². The lowest BCUT2D eigenvalue weighted by atomic mass is 9.99. The minimum Gasteiger partial charge on any atom is -0.366 e. The summed E-state index contributed by atoms with van der Waals surface area (Å²) in [6.07, 6.45) is 4.54. The highest BCUT2D eigenvalue weighted by Crippen LogP contribution is 2.30. The number of carbonyl (C=O) groups excluding carboxylic acids is 2. The van der Waals surface area contributed by atoms with E-state index in [0.29, 0.717) is 11.3 Å². The second kappa shape index (κ2) is 5.69. The Morgan fingerprint density at radius 2 is 1.95 bits per heavy atom. The van der Waals surface area contributed by atoms with Crippen LogP contribution in [0.4, 0.5) is 5.69 Å². The summed E-state index contributed by atoms with van der Waals surface area (Å²) >= 11 is 1.57. The number of hydrogen-bond donors (Lipinski definition) is 2. The number of primary amides is 1. The first kappa shape index (κ1) is 13.8. The fourth-order valence-electron chi connectivity index (χ4n) is 2.55. The summed E-state index contributed by atoms with van der Waals surface area (Å²) in [6.45, 7) is 0. The molecule has 4 nitrogen and oxygen atoms in total. The van der Waals surface area contributed by atoms with Gasteiger partial charge in [-0.1, -0.05) is 6.07 Å². The molecule has 108 valence electrons. The Morgan fingerprint density at radius 1 is 1.14 bits per heavy atom. The summed E-state index contributed by atoms with van der Waals surface area (Å²) in [5, 5.41) is 2.83. The molecule has 0 atom stereocenters. The average Bonchev–Trinajstić information content (AvgIpc) is 2.91. The number of fused-ring (bicyclic) bond motifs is 1. The number of anilines is 1. The largest absolute Gasteiger partial charge is 0.366 e. The van der Waals surface area contributed by atoms with E-state index in [4.69, 9.17) is 5.73 Å². The molecule has 2 amide bonds. The zero-order chi connectivity index (χ0) is 14.8. The minimum absolute atomic E-state index is 0.129. The molecule has 0 spiro atoms. The van der Waals surface area contributed by atoms with Crippen molar-refractivity contribution in [3.8, 4) is 0 Å². The first-order valence-electron chi connectivity index (χ1n) is 6.96. The number of benzene rings is 1. The third-order valence-corrected chi connectivity index (χ3v) is 4.86. The molecule has 0 saturated carbocycles. The average molecular weight is 300 g/mol. The first-order valence-corrected chi connectivity index (χ1v) is 7.78. The van der Waals surface area contributed by atoms with Crippen molar-refractivity contribution in [3.05, 3.63) is 51.2 Å². The molecule has 1 aliphatic rings. The Morgan fingerprint density at radius 3 is 2.71 bits per heavy atom. The van der Waals surface area contributed by atoms with Crippen molar-refractivity contribution in [2.75, 3.05) is 5.32 Å². The van der Waals surface area contributed by atoms with E-state index in [2.05, 4.69) is 5.32 Å². The number of nitrogens with one attached hydrogen (secondary N) is 1. The molecule has 0 radical (unpaired) electrons.